The van der Waals surface area contributed by atoms with E-state index in [-0.39, 0.29) is 11.7 Å². The minimum absolute atomic E-state index is 0.181. The topological polar surface area (TPSA) is 91.2 Å². The predicted molar refractivity (Wildman–Crippen MR) is 77.7 cm³/mol. The number of nitrogens with zero attached hydrogens (tertiary/aromatic N) is 2. The Balaban J connectivity index is 2.52. The van der Waals surface area contributed by atoms with Gasteiger partial charge in [0.2, 0.25) is 0 Å². The summed E-state index contributed by atoms with van der Waals surface area (Å²) < 4.78 is 38.2. The third-order valence-electron chi connectivity index (χ3n) is 3.02. The van der Waals surface area contributed by atoms with E-state index >= 15 is 0 Å². The van der Waals surface area contributed by atoms with Crippen LogP contribution in [0.4, 0.5) is 13.2 Å². The molecule has 1 heterocycles. The quantitative estimate of drug-likeness (QED) is 0.710. The lowest BCUT2D eigenvalue weighted by Crippen LogP contribution is -2.90. The van der Waals surface area contributed by atoms with Crippen molar-refractivity contribution in [3.63, 3.8) is 0 Å². The fourth-order valence-corrected chi connectivity index (χ4v) is 2.08. The first kappa shape index (κ1) is 15.9. The number of nitrogens with two attached hydrogens (primary N) is 2. The van der Waals surface area contributed by atoms with Crippen molar-refractivity contribution >= 4 is 17.4 Å². The molecule has 116 valence electrons. The van der Waals surface area contributed by atoms with E-state index in [9.17, 15) is 13.2 Å². The van der Waals surface area contributed by atoms with Gasteiger partial charge in [0.05, 0.1) is 5.56 Å². The summed E-state index contributed by atoms with van der Waals surface area (Å²) in [5.41, 5.74) is 7.03. The molecule has 0 saturated carbocycles. The van der Waals surface area contributed by atoms with Crippen LogP contribution < -0.4 is 11.1 Å². The van der Waals surface area contributed by atoms with Crippen molar-refractivity contribution in [2.24, 2.45) is 15.9 Å². The maximum Gasteiger partial charge on any atom is 0.416 e. The van der Waals surface area contributed by atoms with Crippen molar-refractivity contribution in [3.8, 4) is 0 Å². The molecular formula is C14H15F3N5+. The van der Waals surface area contributed by atoms with Gasteiger partial charge in [-0.1, -0.05) is 11.2 Å². The minimum atomic E-state index is -4.39. The summed E-state index contributed by atoms with van der Waals surface area (Å²) in [4.78, 5) is 0. The summed E-state index contributed by atoms with van der Waals surface area (Å²) in [5.74, 6) is 0.181. The van der Waals surface area contributed by atoms with Crippen molar-refractivity contribution in [2.45, 2.75) is 20.0 Å². The molecule has 5 nitrogen and oxygen atoms in total. The fourth-order valence-electron chi connectivity index (χ4n) is 2.08. The molecule has 5 N–H and O–H groups in total. The summed E-state index contributed by atoms with van der Waals surface area (Å²) in [6, 6.07) is 3.42. The molecule has 1 aromatic rings. The maximum absolute atomic E-state index is 12.7. The number of guanidine groups is 1. The monoisotopic (exact) mass is 310 g/mol. The highest BCUT2D eigenvalue weighted by molar-refractivity contribution is 6.15. The molecule has 0 fully saturated rings. The third-order valence-corrected chi connectivity index (χ3v) is 3.02. The second kappa shape index (κ2) is 5.72. The largest absolute Gasteiger partial charge is 0.416 e. The predicted octanol–water partition coefficient (Wildman–Crippen LogP) is 1.53. The number of rotatable bonds is 2. The molecular weight excluding hydrogens is 295 g/mol. The highest BCUT2D eigenvalue weighted by Crippen LogP contribution is 2.30. The number of allylic oxidation sites excluding steroid dienone is 2. The van der Waals surface area contributed by atoms with Gasteiger partial charge in [-0.2, -0.15) is 13.2 Å². The Kier molecular flexibility index (Phi) is 4.14. The Morgan fingerprint density at radius 3 is 2.55 bits per heavy atom. The van der Waals surface area contributed by atoms with E-state index in [1.54, 1.807) is 13.8 Å². The molecule has 1 aliphatic rings. The molecule has 0 saturated heterocycles. The Morgan fingerprint density at radius 1 is 1.32 bits per heavy atom. The third kappa shape index (κ3) is 3.40. The van der Waals surface area contributed by atoms with Crippen LogP contribution in [-0.4, -0.2) is 17.4 Å². The van der Waals surface area contributed by atoms with E-state index in [0.717, 1.165) is 12.1 Å². The number of benzene rings is 1. The lowest BCUT2D eigenvalue weighted by atomic mass is 9.98. The average Bonchev–Trinajstić information content (AvgIpc) is 2.38. The van der Waals surface area contributed by atoms with Crippen LogP contribution in [0.3, 0.4) is 0 Å². The first-order valence-corrected chi connectivity index (χ1v) is 6.40. The van der Waals surface area contributed by atoms with Crippen molar-refractivity contribution in [1.82, 2.24) is 0 Å². The van der Waals surface area contributed by atoms with Crippen LogP contribution in [0.1, 0.15) is 23.6 Å². The molecule has 2 rings (SSSR count). The minimum Gasteiger partial charge on any atom is -0.336 e. The van der Waals surface area contributed by atoms with Gasteiger partial charge in [0.25, 0.3) is 0 Å². The van der Waals surface area contributed by atoms with E-state index in [0.29, 0.717) is 22.5 Å². The normalized spacial score (nSPS) is 17.2. The van der Waals surface area contributed by atoms with Gasteiger partial charge in [0, 0.05) is 17.4 Å². The molecule has 1 aliphatic heterocycles. The number of nitrogens with one attached hydrogen (secondary N) is 1. The number of hydrogen-bond acceptors (Lipinski definition) is 4. The number of hydrogen-bond donors (Lipinski definition) is 3. The summed E-state index contributed by atoms with van der Waals surface area (Å²) in [6.45, 7) is 3.16. The summed E-state index contributed by atoms with van der Waals surface area (Å²) in [5, 5.41) is 16.8. The van der Waals surface area contributed by atoms with Crippen LogP contribution in [-0.2, 0) is 6.18 Å². The van der Waals surface area contributed by atoms with Crippen molar-refractivity contribution in [2.75, 3.05) is 0 Å². The Hall–Kier alpha value is -2.48. The van der Waals surface area contributed by atoms with Crippen LogP contribution in [0.15, 0.2) is 40.2 Å². The van der Waals surface area contributed by atoms with Gasteiger partial charge < -0.3 is 11.1 Å². The van der Waals surface area contributed by atoms with E-state index in [1.165, 1.54) is 17.5 Å². The van der Waals surface area contributed by atoms with Gasteiger partial charge in [0.15, 0.2) is 11.4 Å². The highest BCUT2D eigenvalue weighted by atomic mass is 19.4. The van der Waals surface area contributed by atoms with E-state index in [1.807, 2.05) is 0 Å². The molecule has 8 heteroatoms. The number of alkyl halides is 3. The van der Waals surface area contributed by atoms with Crippen LogP contribution in [0, 0.1) is 12.3 Å². The van der Waals surface area contributed by atoms with E-state index in [4.69, 9.17) is 11.1 Å². The SMILES string of the molecule is CC(=N)/C=C1\[NH2+]C(N)=NN=C1c1ccc(C(F)(F)F)cc1C. The number of quaternary nitrogens is 1. The summed E-state index contributed by atoms with van der Waals surface area (Å²) in [6.07, 6.45) is -2.85. The van der Waals surface area contributed by atoms with Gasteiger partial charge >= 0.3 is 12.1 Å². The molecule has 0 radical (unpaired) electrons. The first-order chi connectivity index (χ1) is 10.2. The molecule has 0 bridgehead atoms. The van der Waals surface area contributed by atoms with Crippen molar-refractivity contribution < 1.29 is 18.5 Å². The zero-order valence-electron chi connectivity index (χ0n) is 12.0. The Bertz CT molecular complexity index is 714. The lowest BCUT2D eigenvalue weighted by Gasteiger charge is -2.14. The fraction of sp³-hybridized carbons (Fsp3) is 0.214. The average molecular weight is 310 g/mol. The van der Waals surface area contributed by atoms with Crippen LogP contribution in [0.5, 0.6) is 0 Å². The van der Waals surface area contributed by atoms with Gasteiger partial charge in [-0.15, -0.1) is 5.10 Å². The number of halogens is 3. The number of aryl methyl sites for hydroxylation is 1. The van der Waals surface area contributed by atoms with E-state index in [2.05, 4.69) is 10.2 Å². The standard InChI is InChI=1S/C14H14F3N5/c1-7-5-9(14(15,16)17)3-4-10(7)12-11(6-8(2)18)20-13(19)22-21-12/h3-6,18H,1-2H3,(H3,19,20,22)/p+1/b11-6-,18-8?. The second-order valence-corrected chi connectivity index (χ2v) is 4.93. The van der Waals surface area contributed by atoms with Crippen LogP contribution in [0.2, 0.25) is 0 Å². The van der Waals surface area contributed by atoms with Gasteiger partial charge in [-0.05, 0) is 31.5 Å². The van der Waals surface area contributed by atoms with Crippen molar-refractivity contribution in [3.05, 3.63) is 46.7 Å². The zero-order valence-corrected chi connectivity index (χ0v) is 12.0. The molecule has 0 aromatic heterocycles. The lowest BCUT2D eigenvalue weighted by molar-refractivity contribution is -0.477. The van der Waals surface area contributed by atoms with E-state index < -0.39 is 11.7 Å². The maximum atomic E-state index is 12.7. The van der Waals surface area contributed by atoms with Crippen LogP contribution >= 0.6 is 0 Å². The molecule has 0 atom stereocenters. The van der Waals surface area contributed by atoms with Gasteiger partial charge in [-0.3, -0.25) is 0 Å². The Morgan fingerprint density at radius 2 is 2.00 bits per heavy atom. The first-order valence-electron chi connectivity index (χ1n) is 6.40. The summed E-state index contributed by atoms with van der Waals surface area (Å²) in [7, 11) is 0. The molecule has 0 aliphatic carbocycles. The zero-order chi connectivity index (χ0) is 16.5. The van der Waals surface area contributed by atoms with Crippen LogP contribution in [0.25, 0.3) is 0 Å². The smallest absolute Gasteiger partial charge is 0.336 e. The van der Waals surface area contributed by atoms with Gasteiger partial charge in [0.1, 0.15) is 0 Å². The van der Waals surface area contributed by atoms with Crippen molar-refractivity contribution in [1.29, 1.82) is 5.41 Å². The molecule has 1 aromatic carbocycles. The second-order valence-electron chi connectivity index (χ2n) is 4.93. The van der Waals surface area contributed by atoms with Gasteiger partial charge in [-0.25, -0.2) is 5.32 Å². The molecule has 0 amide bonds. The molecule has 22 heavy (non-hydrogen) atoms. The molecule has 0 unspecified atom stereocenters. The molecule has 0 spiro atoms. The highest BCUT2D eigenvalue weighted by Gasteiger charge is 2.31. The Labute approximate surface area is 124 Å². The summed E-state index contributed by atoms with van der Waals surface area (Å²) >= 11 is 0.